The van der Waals surface area contributed by atoms with Gasteiger partial charge in [0.15, 0.2) is 0 Å². The fraction of sp³-hybridized carbons (Fsp3) is 0.158. The number of nitrogens with zero attached hydrogens (tertiary/aromatic N) is 2. The van der Waals surface area contributed by atoms with Gasteiger partial charge in [-0.3, -0.25) is 0 Å². The third-order valence-corrected chi connectivity index (χ3v) is 4.32. The zero-order valence-corrected chi connectivity index (χ0v) is 15.9. The number of benzene rings is 2. The van der Waals surface area contributed by atoms with E-state index in [1.807, 2.05) is 25.1 Å². The fourth-order valence-electron chi connectivity index (χ4n) is 2.41. The summed E-state index contributed by atoms with van der Waals surface area (Å²) in [5.41, 5.74) is 1.28. The molecule has 3 rings (SSSR count). The molecule has 2 N–H and O–H groups in total. The smallest absolute Gasteiger partial charge is 0.340 e. The Morgan fingerprint density at radius 1 is 1.00 bits per heavy atom. The highest BCUT2D eigenvalue weighted by Crippen LogP contribution is 2.35. The molecule has 0 aliphatic rings. The third-order valence-electron chi connectivity index (χ3n) is 3.79. The van der Waals surface area contributed by atoms with Crippen LogP contribution in [0.1, 0.15) is 18.1 Å². The number of hydrogen-bond acceptors (Lipinski definition) is 4. The molecule has 8 heteroatoms. The van der Waals surface area contributed by atoms with Gasteiger partial charge in [0, 0.05) is 22.0 Å². The molecular weight excluding hydrogens is 421 g/mol. The quantitative estimate of drug-likeness (QED) is 0.492. The molecule has 0 atom stereocenters. The molecule has 0 saturated heterocycles. The largest absolute Gasteiger partial charge is 0.421 e. The summed E-state index contributed by atoms with van der Waals surface area (Å²) in [6, 6.07) is 14.3. The van der Waals surface area contributed by atoms with E-state index in [9.17, 15) is 13.2 Å². The van der Waals surface area contributed by atoms with Crippen LogP contribution in [0.2, 0.25) is 0 Å². The van der Waals surface area contributed by atoms with Gasteiger partial charge < -0.3 is 10.6 Å². The van der Waals surface area contributed by atoms with Crippen LogP contribution in [0.5, 0.6) is 0 Å². The average Bonchev–Trinajstić information content (AvgIpc) is 2.63. The van der Waals surface area contributed by atoms with Gasteiger partial charge in [-0.1, -0.05) is 35.0 Å². The number of aromatic nitrogens is 2. The molecule has 0 fully saturated rings. The Morgan fingerprint density at radius 3 is 2.41 bits per heavy atom. The maximum atomic E-state index is 13.4. The first kappa shape index (κ1) is 19.2. The van der Waals surface area contributed by atoms with Crippen molar-refractivity contribution >= 4 is 39.1 Å². The Labute approximate surface area is 163 Å². The van der Waals surface area contributed by atoms with Crippen LogP contribution in [0.3, 0.4) is 0 Å². The Balaban J connectivity index is 1.94. The number of halogens is 4. The van der Waals surface area contributed by atoms with Crippen LogP contribution in [0.4, 0.5) is 36.3 Å². The molecule has 1 heterocycles. The summed E-state index contributed by atoms with van der Waals surface area (Å²) in [4.78, 5) is 7.85. The predicted molar refractivity (Wildman–Crippen MR) is 104 cm³/mol. The molecule has 1 aromatic heterocycles. The number of alkyl halides is 3. The number of nitrogens with one attached hydrogen (secondary N) is 2. The first-order valence-corrected chi connectivity index (χ1v) is 8.97. The lowest BCUT2D eigenvalue weighted by Gasteiger charge is -2.15. The first-order chi connectivity index (χ1) is 12.8. The Morgan fingerprint density at radius 2 is 1.74 bits per heavy atom. The Bertz CT molecular complexity index is 927. The van der Waals surface area contributed by atoms with Gasteiger partial charge in [-0.05, 0) is 48.4 Å². The van der Waals surface area contributed by atoms with Gasteiger partial charge in [0.25, 0.3) is 0 Å². The van der Waals surface area contributed by atoms with Gasteiger partial charge in [0.2, 0.25) is 5.95 Å². The van der Waals surface area contributed by atoms with E-state index < -0.39 is 11.7 Å². The highest BCUT2D eigenvalue weighted by molar-refractivity contribution is 9.10. The summed E-state index contributed by atoms with van der Waals surface area (Å²) in [5.74, 6) is -0.232. The second-order valence-corrected chi connectivity index (χ2v) is 6.68. The van der Waals surface area contributed by atoms with E-state index in [2.05, 4.69) is 36.5 Å². The Hall–Kier alpha value is -2.61. The van der Waals surface area contributed by atoms with Crippen molar-refractivity contribution in [1.29, 1.82) is 0 Å². The first-order valence-electron chi connectivity index (χ1n) is 8.18. The van der Waals surface area contributed by atoms with Gasteiger partial charge >= 0.3 is 6.18 Å². The summed E-state index contributed by atoms with van der Waals surface area (Å²) >= 11 is 3.33. The van der Waals surface area contributed by atoms with Gasteiger partial charge in [0.05, 0.1) is 0 Å². The van der Waals surface area contributed by atoms with E-state index in [-0.39, 0.29) is 11.8 Å². The van der Waals surface area contributed by atoms with Crippen LogP contribution in [0, 0.1) is 0 Å². The molecule has 0 saturated carbocycles. The zero-order chi connectivity index (χ0) is 19.4. The minimum atomic E-state index is -4.57. The van der Waals surface area contributed by atoms with Crippen LogP contribution >= 0.6 is 15.9 Å². The minimum absolute atomic E-state index is 0.0690. The average molecular weight is 437 g/mol. The summed E-state index contributed by atoms with van der Waals surface area (Å²) in [7, 11) is 0. The van der Waals surface area contributed by atoms with E-state index in [0.717, 1.165) is 22.7 Å². The highest BCUT2D eigenvalue weighted by Gasteiger charge is 2.35. The molecule has 0 spiro atoms. The summed E-state index contributed by atoms with van der Waals surface area (Å²) in [5, 5.41) is 5.68. The van der Waals surface area contributed by atoms with Crippen LogP contribution in [-0.4, -0.2) is 9.97 Å². The lowest BCUT2D eigenvalue weighted by molar-refractivity contribution is -0.137. The molecule has 0 aliphatic carbocycles. The second-order valence-electron chi connectivity index (χ2n) is 5.76. The molecule has 0 unspecified atom stereocenters. The van der Waals surface area contributed by atoms with Crippen molar-refractivity contribution in [3.8, 4) is 0 Å². The lowest BCUT2D eigenvalue weighted by atomic mass is 10.1. The van der Waals surface area contributed by atoms with E-state index in [1.54, 1.807) is 30.3 Å². The zero-order valence-electron chi connectivity index (χ0n) is 14.3. The molecule has 0 bridgehead atoms. The predicted octanol–water partition coefficient (Wildman–Crippen LogP) is 6.31. The maximum Gasteiger partial charge on any atom is 0.421 e. The van der Waals surface area contributed by atoms with Crippen LogP contribution < -0.4 is 10.6 Å². The van der Waals surface area contributed by atoms with Gasteiger partial charge in [-0.15, -0.1) is 0 Å². The molecule has 3 aromatic rings. The molecular formula is C19H16BrF3N4. The summed E-state index contributed by atoms with van der Waals surface area (Å²) < 4.78 is 41.0. The summed E-state index contributed by atoms with van der Waals surface area (Å²) in [6.45, 7) is 1.98. The van der Waals surface area contributed by atoms with E-state index in [1.165, 1.54) is 0 Å². The van der Waals surface area contributed by atoms with Gasteiger partial charge in [0.1, 0.15) is 11.4 Å². The Kier molecular flexibility index (Phi) is 5.65. The second kappa shape index (κ2) is 7.96. The third kappa shape index (κ3) is 4.97. The summed E-state index contributed by atoms with van der Waals surface area (Å²) in [6.07, 6.45) is -3.01. The van der Waals surface area contributed by atoms with Gasteiger partial charge in [-0.25, -0.2) is 4.98 Å². The standard InChI is InChI=1S/C19H16BrF3N4/c1-2-12-4-3-5-15(10-12)25-17-16(19(21,22)23)11-24-18(27-17)26-14-8-6-13(20)7-9-14/h3-11H,2H2,1H3,(H2,24,25,26,27). The number of rotatable bonds is 5. The van der Waals surface area contributed by atoms with Crippen molar-refractivity contribution in [2.45, 2.75) is 19.5 Å². The molecule has 4 nitrogen and oxygen atoms in total. The molecule has 140 valence electrons. The lowest BCUT2D eigenvalue weighted by Crippen LogP contribution is -2.12. The molecule has 2 aromatic carbocycles. The topological polar surface area (TPSA) is 49.8 Å². The number of aryl methyl sites for hydroxylation is 1. The fourth-order valence-corrected chi connectivity index (χ4v) is 2.68. The SMILES string of the molecule is CCc1cccc(Nc2nc(Nc3ccc(Br)cc3)ncc2C(F)(F)F)c1. The maximum absolute atomic E-state index is 13.4. The molecule has 0 amide bonds. The van der Waals surface area contributed by atoms with Crippen molar-refractivity contribution in [1.82, 2.24) is 9.97 Å². The number of hydrogen-bond donors (Lipinski definition) is 2. The normalized spacial score (nSPS) is 11.3. The van der Waals surface area contributed by atoms with Crippen LogP contribution in [-0.2, 0) is 12.6 Å². The van der Waals surface area contributed by atoms with Crippen molar-refractivity contribution < 1.29 is 13.2 Å². The molecule has 27 heavy (non-hydrogen) atoms. The highest BCUT2D eigenvalue weighted by atomic mass is 79.9. The number of anilines is 4. The van der Waals surface area contributed by atoms with Crippen LogP contribution in [0.15, 0.2) is 59.2 Å². The van der Waals surface area contributed by atoms with Gasteiger partial charge in [-0.2, -0.15) is 18.2 Å². The minimum Gasteiger partial charge on any atom is -0.340 e. The monoisotopic (exact) mass is 436 g/mol. The van der Waals surface area contributed by atoms with Crippen molar-refractivity contribution in [3.05, 3.63) is 70.3 Å². The van der Waals surface area contributed by atoms with E-state index in [0.29, 0.717) is 11.4 Å². The van der Waals surface area contributed by atoms with E-state index >= 15 is 0 Å². The van der Waals surface area contributed by atoms with Crippen LogP contribution in [0.25, 0.3) is 0 Å². The van der Waals surface area contributed by atoms with Crippen molar-refractivity contribution in [3.63, 3.8) is 0 Å². The van der Waals surface area contributed by atoms with E-state index in [4.69, 9.17) is 0 Å². The molecule has 0 radical (unpaired) electrons. The molecule has 0 aliphatic heterocycles. The van der Waals surface area contributed by atoms with Crippen molar-refractivity contribution in [2.75, 3.05) is 10.6 Å². The van der Waals surface area contributed by atoms with Crippen molar-refractivity contribution in [2.24, 2.45) is 0 Å².